The van der Waals surface area contributed by atoms with Gasteiger partial charge in [-0.1, -0.05) is 92.0 Å². The highest BCUT2D eigenvalue weighted by Gasteiger charge is 2.18. The van der Waals surface area contributed by atoms with Gasteiger partial charge >= 0.3 is 5.97 Å². The number of esters is 1. The molecule has 0 aliphatic carbocycles. The van der Waals surface area contributed by atoms with Crippen LogP contribution in [0, 0.1) is 17.6 Å². The Bertz CT molecular complexity index is 899. The number of hydrogen-bond donors (Lipinski definition) is 0. The van der Waals surface area contributed by atoms with E-state index in [4.69, 9.17) is 14.2 Å². The molecular weight excluding hydrogens is 744 g/mol. The summed E-state index contributed by atoms with van der Waals surface area (Å²) in [6.07, 6.45) is 1.20. The van der Waals surface area contributed by atoms with Gasteiger partial charge in [-0.25, -0.2) is 13.6 Å². The second-order valence-corrected chi connectivity index (χ2v) is 18.2. The van der Waals surface area contributed by atoms with Gasteiger partial charge in [-0.2, -0.15) is 9.37 Å². The average molecular weight is 761 g/mol. The highest BCUT2D eigenvalue weighted by Crippen LogP contribution is 2.33. The van der Waals surface area contributed by atoms with Gasteiger partial charge in [0.05, 0.1) is 20.5 Å². The second kappa shape index (κ2) is 12.9. The summed E-state index contributed by atoms with van der Waals surface area (Å²) in [5.41, 5.74) is 0.990. The smallest absolute Gasteiger partial charge is 0.341 e. The Hall–Kier alpha value is -0.840. The van der Waals surface area contributed by atoms with E-state index in [9.17, 15) is 18.0 Å². The van der Waals surface area contributed by atoms with Crippen LogP contribution in [0.4, 0.5) is 13.2 Å². The summed E-state index contributed by atoms with van der Waals surface area (Å²) in [6.45, 7) is 1.90. The molecule has 0 bridgehead atoms. The summed E-state index contributed by atoms with van der Waals surface area (Å²) in [5, 5.41) is 0. The highest BCUT2D eigenvalue weighted by atomic mass is 127. The van der Waals surface area contributed by atoms with E-state index in [0.29, 0.717) is 16.6 Å². The average Bonchev–Trinajstić information content (AvgIpc) is 2.66. The van der Waals surface area contributed by atoms with Crippen LogP contribution in [0.15, 0.2) is 36.6 Å². The molecule has 5 nitrogen and oxygen atoms in total. The molecule has 0 saturated heterocycles. The number of alkyl halides is 3. The number of ether oxygens (including phenoxy) is 3. The van der Waals surface area contributed by atoms with Crippen molar-refractivity contribution >= 4 is 79.3 Å². The Morgan fingerprint density at radius 3 is 2.30 bits per heavy atom. The van der Waals surface area contributed by atoms with E-state index in [-0.39, 0.29) is 12.2 Å². The molecule has 0 aliphatic heterocycles. The monoisotopic (exact) mass is 761 g/mol. The predicted octanol–water partition coefficient (Wildman–Crippen LogP) is 6.20. The van der Waals surface area contributed by atoms with Crippen molar-refractivity contribution in [2.45, 2.75) is 13.0 Å². The molecule has 1 heterocycles. The van der Waals surface area contributed by atoms with Gasteiger partial charge in [-0.05, 0) is 18.1 Å². The third-order valence-corrected chi connectivity index (χ3v) is 3.17. The van der Waals surface area contributed by atoms with Crippen molar-refractivity contribution in [1.29, 1.82) is 0 Å². The van der Waals surface area contributed by atoms with E-state index < -0.39 is 29.4 Å². The first-order chi connectivity index (χ1) is 14.0. The van der Waals surface area contributed by atoms with Gasteiger partial charge in [0.15, 0.2) is 11.6 Å². The number of halogens is 6. The molecule has 1 aromatic carbocycles. The molecule has 0 saturated carbocycles. The normalized spacial score (nSPS) is 11.3. The van der Waals surface area contributed by atoms with Crippen LogP contribution in [0.3, 0.4) is 0 Å². The van der Waals surface area contributed by atoms with Crippen LogP contribution < -0.4 is 4.74 Å². The van der Waals surface area contributed by atoms with E-state index >= 15 is 0 Å². The van der Waals surface area contributed by atoms with Crippen LogP contribution in [-0.2, 0) is 20.9 Å². The Labute approximate surface area is 213 Å². The van der Waals surface area contributed by atoms with E-state index in [0.717, 1.165) is 0 Å². The maximum absolute atomic E-state index is 13.6. The highest BCUT2D eigenvalue weighted by molar-refractivity contribution is 14.3. The van der Waals surface area contributed by atoms with E-state index in [1.807, 2.05) is 0 Å². The van der Waals surface area contributed by atoms with E-state index in [1.54, 1.807) is 24.3 Å². The van der Waals surface area contributed by atoms with Crippen LogP contribution in [0.1, 0.15) is 18.1 Å². The third kappa shape index (κ3) is 9.53. The van der Waals surface area contributed by atoms with Crippen molar-refractivity contribution in [3.63, 3.8) is 0 Å². The molecule has 0 spiro atoms. The summed E-state index contributed by atoms with van der Waals surface area (Å²) >= 11 is 7.05. The molecule has 0 radical (unpaired) electrons. The standard InChI is InChI=1S/C17H14F3NO4.C2H3I3/c1-23-9-12(17(22)24-2)11-6-4-3-5-10(11)8-25-16-14(19)7-13(18)15(20)21-16;1-2(3,4)5/h3-7,9H,8H2,1-2H3;1H3/b12-9+;. The molecule has 0 atom stereocenters. The van der Waals surface area contributed by atoms with Gasteiger partial charge in [0.1, 0.15) is 11.6 Å². The molecule has 2 aromatic rings. The Balaban J connectivity index is 0.000000804. The van der Waals surface area contributed by atoms with Crippen LogP contribution in [0.2, 0.25) is 0 Å². The fraction of sp³-hybridized carbons (Fsp3) is 0.263. The van der Waals surface area contributed by atoms with E-state index in [1.165, 1.54) is 20.5 Å². The largest absolute Gasteiger partial charge is 0.503 e. The minimum atomic E-state index is -1.47. The Morgan fingerprint density at radius 1 is 1.13 bits per heavy atom. The Morgan fingerprint density at radius 2 is 1.73 bits per heavy atom. The van der Waals surface area contributed by atoms with Crippen molar-refractivity contribution in [3.8, 4) is 5.88 Å². The third-order valence-electron chi connectivity index (χ3n) is 3.17. The molecule has 0 N–H and O–H groups in total. The SMILES string of the molecule is CC(I)(I)I.CO/C=C(/C(=O)OC)c1ccccc1COc1nc(F)c(F)cc1F. The lowest BCUT2D eigenvalue weighted by atomic mass is 10.0. The molecule has 2 rings (SSSR count). The second-order valence-electron chi connectivity index (χ2n) is 5.53. The first-order valence-electron chi connectivity index (χ1n) is 8.08. The summed E-state index contributed by atoms with van der Waals surface area (Å²) in [6, 6.07) is 6.89. The zero-order chi connectivity index (χ0) is 22.9. The van der Waals surface area contributed by atoms with Crippen LogP contribution in [-0.4, -0.2) is 24.6 Å². The molecule has 1 aromatic heterocycles. The first-order valence-corrected chi connectivity index (χ1v) is 11.3. The number of benzene rings is 1. The fourth-order valence-corrected chi connectivity index (χ4v) is 2.03. The molecule has 0 unspecified atom stereocenters. The quantitative estimate of drug-likeness (QED) is 0.0877. The molecule has 30 heavy (non-hydrogen) atoms. The van der Waals surface area contributed by atoms with Gasteiger partial charge in [-0.3, -0.25) is 0 Å². The van der Waals surface area contributed by atoms with Crippen LogP contribution in [0.25, 0.3) is 5.57 Å². The summed E-state index contributed by atoms with van der Waals surface area (Å²) in [7, 11) is 2.58. The van der Waals surface area contributed by atoms with Crippen LogP contribution >= 0.6 is 67.8 Å². The van der Waals surface area contributed by atoms with Crippen LogP contribution in [0.5, 0.6) is 5.88 Å². The molecule has 0 aliphatic rings. The predicted molar refractivity (Wildman–Crippen MR) is 132 cm³/mol. The number of hydrogen-bond acceptors (Lipinski definition) is 5. The number of aromatic nitrogens is 1. The van der Waals surface area contributed by atoms with Gasteiger partial charge in [0.2, 0.25) is 0 Å². The van der Waals surface area contributed by atoms with Crippen molar-refractivity contribution < 1.29 is 32.2 Å². The lowest BCUT2D eigenvalue weighted by Gasteiger charge is -2.12. The number of pyridine rings is 1. The molecule has 11 heteroatoms. The Kier molecular flexibility index (Phi) is 11.7. The van der Waals surface area contributed by atoms with Crippen molar-refractivity contribution in [2.75, 3.05) is 14.2 Å². The van der Waals surface area contributed by atoms with Crippen molar-refractivity contribution in [3.05, 3.63) is 65.3 Å². The maximum Gasteiger partial charge on any atom is 0.341 e. The minimum Gasteiger partial charge on any atom is -0.503 e. The molecule has 164 valence electrons. The number of carbonyl (C=O) groups is 1. The summed E-state index contributed by atoms with van der Waals surface area (Å²) in [4.78, 5) is 15.0. The lowest BCUT2D eigenvalue weighted by molar-refractivity contribution is -0.133. The van der Waals surface area contributed by atoms with Gasteiger partial charge in [0, 0.05) is 6.07 Å². The summed E-state index contributed by atoms with van der Waals surface area (Å²) in [5.74, 6) is -5.37. The topological polar surface area (TPSA) is 57.7 Å². The maximum atomic E-state index is 13.6. The molecule has 0 fully saturated rings. The summed E-state index contributed by atoms with van der Waals surface area (Å²) < 4.78 is 54.7. The van der Waals surface area contributed by atoms with Gasteiger partial charge in [-0.15, -0.1) is 0 Å². The number of carbonyl (C=O) groups excluding carboxylic acids is 1. The molecule has 0 amide bonds. The van der Waals surface area contributed by atoms with Crippen molar-refractivity contribution in [1.82, 2.24) is 4.98 Å². The van der Waals surface area contributed by atoms with Crippen molar-refractivity contribution in [2.24, 2.45) is 0 Å². The molecular formula is C19H17F3I3NO4. The first kappa shape index (κ1) is 27.2. The number of rotatable bonds is 6. The van der Waals surface area contributed by atoms with Gasteiger partial charge in [0.25, 0.3) is 11.8 Å². The lowest BCUT2D eigenvalue weighted by Crippen LogP contribution is -2.09. The zero-order valence-corrected chi connectivity index (χ0v) is 22.5. The number of nitrogens with zero attached hydrogens (tertiary/aromatic N) is 1. The van der Waals surface area contributed by atoms with E-state index in [2.05, 4.69) is 79.7 Å². The zero-order valence-electron chi connectivity index (χ0n) is 16.0. The fourth-order valence-electron chi connectivity index (χ4n) is 2.03. The number of methoxy groups -OCH3 is 2. The minimum absolute atomic E-state index is 0.114. The van der Waals surface area contributed by atoms with Gasteiger partial charge < -0.3 is 14.2 Å².